The lowest BCUT2D eigenvalue weighted by Crippen LogP contribution is -2.34. The highest BCUT2D eigenvalue weighted by Crippen LogP contribution is 2.44. The molecule has 0 saturated carbocycles. The van der Waals surface area contributed by atoms with Crippen molar-refractivity contribution in [3.8, 4) is 17.6 Å². The minimum atomic E-state index is -0.220. The number of methoxy groups -OCH3 is 2. The largest absolute Gasteiger partial charge is 0.497 e. The van der Waals surface area contributed by atoms with Gasteiger partial charge < -0.3 is 9.47 Å². The smallest absolute Gasteiger partial charge is 0.118 e. The lowest BCUT2D eigenvalue weighted by molar-refractivity contribution is 0.414. The van der Waals surface area contributed by atoms with Crippen LogP contribution in [-0.4, -0.2) is 26.0 Å². The summed E-state index contributed by atoms with van der Waals surface area (Å²) in [6.45, 7) is 4.42. The molecule has 1 heterocycles. The van der Waals surface area contributed by atoms with Gasteiger partial charge in [0, 0.05) is 11.8 Å². The molecule has 0 amide bonds. The molecule has 4 aromatic rings. The second kappa shape index (κ2) is 12.9. The molecule has 0 fully saturated rings. The van der Waals surface area contributed by atoms with Crippen molar-refractivity contribution in [1.82, 2.24) is 0 Å². The van der Waals surface area contributed by atoms with Crippen LogP contribution in [0, 0.1) is 11.3 Å². The first-order valence-corrected chi connectivity index (χ1v) is 13.4. The maximum atomic E-state index is 9.28. The predicted molar refractivity (Wildman–Crippen MR) is 159 cm³/mol. The van der Waals surface area contributed by atoms with Crippen molar-refractivity contribution in [2.45, 2.75) is 44.1 Å². The standard InChI is InChI=1S/C20H23NO.C15H13NO/c1-4-19-20(14-15(2)21-19,16-8-6-5-7-9-16)17-10-12-18(22-3)13-11-17;1-17-14-9-7-13(8-10-14)15(11-16)12-5-3-2-4-6-12/h5-13,15H,4,14H2,1-3H3;2-10,15H,1H3. The fourth-order valence-corrected chi connectivity index (χ4v) is 5.49. The van der Waals surface area contributed by atoms with E-state index in [0.717, 1.165) is 35.5 Å². The van der Waals surface area contributed by atoms with Crippen LogP contribution in [0.4, 0.5) is 0 Å². The molecule has 0 spiro atoms. The van der Waals surface area contributed by atoms with Crippen LogP contribution in [0.1, 0.15) is 54.9 Å². The molecule has 1 aliphatic rings. The van der Waals surface area contributed by atoms with E-state index in [9.17, 15) is 5.26 Å². The SMILES string of the molecule is CCC1=NC(C)CC1(c1ccccc1)c1ccc(OC)cc1.COc1ccc(C(C#N)c2ccccc2)cc1. The van der Waals surface area contributed by atoms with Gasteiger partial charge in [-0.15, -0.1) is 0 Å². The van der Waals surface area contributed by atoms with E-state index in [-0.39, 0.29) is 11.3 Å². The van der Waals surface area contributed by atoms with Gasteiger partial charge in [-0.2, -0.15) is 5.26 Å². The lowest BCUT2D eigenvalue weighted by atomic mass is 9.68. The Bertz CT molecular complexity index is 1390. The molecular formula is C35H36N2O2. The number of ether oxygens (including phenoxy) is 2. The molecule has 4 nitrogen and oxygen atoms in total. The van der Waals surface area contributed by atoms with Crippen molar-refractivity contribution in [2.75, 3.05) is 14.2 Å². The third-order valence-electron chi connectivity index (χ3n) is 7.37. The number of nitriles is 1. The summed E-state index contributed by atoms with van der Waals surface area (Å²) in [7, 11) is 3.34. The number of hydrogen-bond acceptors (Lipinski definition) is 4. The van der Waals surface area contributed by atoms with Gasteiger partial charge in [0.05, 0.1) is 31.6 Å². The molecule has 3 atom stereocenters. The van der Waals surface area contributed by atoms with Gasteiger partial charge in [-0.25, -0.2) is 0 Å². The van der Waals surface area contributed by atoms with Gasteiger partial charge in [0.25, 0.3) is 0 Å². The maximum absolute atomic E-state index is 9.28. The van der Waals surface area contributed by atoms with E-state index in [1.54, 1.807) is 14.2 Å². The average molecular weight is 517 g/mol. The fourth-order valence-electron chi connectivity index (χ4n) is 5.49. The zero-order valence-corrected chi connectivity index (χ0v) is 23.2. The molecule has 4 heteroatoms. The Morgan fingerprint density at radius 3 is 1.77 bits per heavy atom. The van der Waals surface area contributed by atoms with E-state index >= 15 is 0 Å². The summed E-state index contributed by atoms with van der Waals surface area (Å²) in [4.78, 5) is 4.94. The first kappa shape index (κ1) is 27.7. The average Bonchev–Trinajstić information content (AvgIpc) is 3.36. The van der Waals surface area contributed by atoms with Gasteiger partial charge >= 0.3 is 0 Å². The van der Waals surface area contributed by atoms with E-state index < -0.39 is 0 Å². The highest BCUT2D eigenvalue weighted by atomic mass is 16.5. The minimum absolute atomic E-state index is 0.0955. The summed E-state index contributed by atoms with van der Waals surface area (Å²) in [5.41, 5.74) is 5.84. The van der Waals surface area contributed by atoms with Crippen molar-refractivity contribution >= 4 is 5.71 Å². The zero-order chi connectivity index (χ0) is 27.7. The second-order valence-corrected chi connectivity index (χ2v) is 9.73. The minimum Gasteiger partial charge on any atom is -0.497 e. The number of nitrogens with zero attached hydrogens (tertiary/aromatic N) is 2. The van der Waals surface area contributed by atoms with E-state index in [2.05, 4.69) is 74.5 Å². The Labute approximate surface area is 232 Å². The van der Waals surface area contributed by atoms with Gasteiger partial charge in [0.1, 0.15) is 11.5 Å². The van der Waals surface area contributed by atoms with Crippen molar-refractivity contribution in [3.63, 3.8) is 0 Å². The monoisotopic (exact) mass is 516 g/mol. The summed E-state index contributed by atoms with van der Waals surface area (Å²) in [6.07, 6.45) is 2.01. The molecular weight excluding hydrogens is 480 g/mol. The number of benzene rings is 4. The van der Waals surface area contributed by atoms with Gasteiger partial charge in [-0.3, -0.25) is 4.99 Å². The topological polar surface area (TPSA) is 54.6 Å². The Balaban J connectivity index is 0.000000187. The highest BCUT2D eigenvalue weighted by Gasteiger charge is 2.43. The van der Waals surface area contributed by atoms with E-state index in [4.69, 9.17) is 14.5 Å². The fraction of sp³-hybridized carbons (Fsp3) is 0.257. The molecule has 1 aliphatic heterocycles. The third kappa shape index (κ3) is 6.04. The Morgan fingerprint density at radius 2 is 1.26 bits per heavy atom. The summed E-state index contributed by atoms with van der Waals surface area (Å²) in [5.74, 6) is 1.48. The normalized spacial score (nSPS) is 18.6. The van der Waals surface area contributed by atoms with Crippen molar-refractivity contribution < 1.29 is 9.47 Å². The molecule has 0 aromatic heterocycles. The summed E-state index contributed by atoms with van der Waals surface area (Å²) in [5, 5.41) is 9.28. The number of rotatable bonds is 7. The Morgan fingerprint density at radius 1 is 0.769 bits per heavy atom. The summed E-state index contributed by atoms with van der Waals surface area (Å²) < 4.78 is 10.4. The van der Waals surface area contributed by atoms with Crippen LogP contribution < -0.4 is 9.47 Å². The van der Waals surface area contributed by atoms with Gasteiger partial charge in [0.2, 0.25) is 0 Å². The third-order valence-corrected chi connectivity index (χ3v) is 7.37. The molecule has 3 unspecified atom stereocenters. The van der Waals surface area contributed by atoms with Crippen LogP contribution in [0.3, 0.4) is 0 Å². The van der Waals surface area contributed by atoms with Crippen LogP contribution in [0.15, 0.2) is 114 Å². The van der Waals surface area contributed by atoms with Crippen LogP contribution >= 0.6 is 0 Å². The predicted octanol–water partition coefficient (Wildman–Crippen LogP) is 7.98. The summed E-state index contributed by atoms with van der Waals surface area (Å²) in [6, 6.07) is 39.4. The zero-order valence-electron chi connectivity index (χ0n) is 23.2. The number of aliphatic imine (C=N–C) groups is 1. The molecule has 39 heavy (non-hydrogen) atoms. The van der Waals surface area contributed by atoms with Crippen LogP contribution in [0.5, 0.6) is 11.5 Å². The molecule has 0 aliphatic carbocycles. The van der Waals surface area contributed by atoms with E-state index in [1.807, 2.05) is 54.6 Å². The Kier molecular flexibility index (Phi) is 9.18. The molecule has 0 N–H and O–H groups in total. The van der Waals surface area contributed by atoms with Crippen LogP contribution in [-0.2, 0) is 5.41 Å². The molecule has 0 saturated heterocycles. The molecule has 198 valence electrons. The highest BCUT2D eigenvalue weighted by molar-refractivity contribution is 5.99. The first-order valence-electron chi connectivity index (χ1n) is 13.4. The Hall–Kier alpha value is -4.36. The van der Waals surface area contributed by atoms with Gasteiger partial charge in [-0.05, 0) is 66.3 Å². The first-order chi connectivity index (χ1) is 19.0. The van der Waals surface area contributed by atoms with Gasteiger partial charge in [0.15, 0.2) is 0 Å². The second-order valence-electron chi connectivity index (χ2n) is 9.73. The molecule has 5 rings (SSSR count). The van der Waals surface area contributed by atoms with Crippen molar-refractivity contribution in [2.24, 2.45) is 4.99 Å². The van der Waals surface area contributed by atoms with Crippen molar-refractivity contribution in [1.29, 1.82) is 5.26 Å². The number of hydrogen-bond donors (Lipinski definition) is 0. The molecule has 0 radical (unpaired) electrons. The lowest BCUT2D eigenvalue weighted by Gasteiger charge is -2.32. The van der Waals surface area contributed by atoms with E-state index in [0.29, 0.717) is 6.04 Å². The van der Waals surface area contributed by atoms with Gasteiger partial charge in [-0.1, -0.05) is 91.9 Å². The molecule has 0 bridgehead atoms. The van der Waals surface area contributed by atoms with Crippen LogP contribution in [0.2, 0.25) is 0 Å². The quantitative estimate of drug-likeness (QED) is 0.250. The maximum Gasteiger partial charge on any atom is 0.118 e. The summed E-state index contributed by atoms with van der Waals surface area (Å²) >= 11 is 0. The molecule has 4 aromatic carbocycles. The van der Waals surface area contributed by atoms with Crippen LogP contribution in [0.25, 0.3) is 0 Å². The van der Waals surface area contributed by atoms with E-state index in [1.165, 1.54) is 16.8 Å². The van der Waals surface area contributed by atoms with Crippen molar-refractivity contribution in [3.05, 3.63) is 131 Å².